The van der Waals surface area contributed by atoms with Crippen LogP contribution in [0.25, 0.3) is 11.4 Å². The summed E-state index contributed by atoms with van der Waals surface area (Å²) in [6.45, 7) is 3.64. The van der Waals surface area contributed by atoms with Gasteiger partial charge in [0.25, 0.3) is 0 Å². The van der Waals surface area contributed by atoms with Gasteiger partial charge in [-0.3, -0.25) is 9.78 Å². The van der Waals surface area contributed by atoms with Crippen molar-refractivity contribution >= 4 is 5.91 Å². The van der Waals surface area contributed by atoms with E-state index in [0.29, 0.717) is 6.42 Å². The molecular formula is C22H24N4O. The molecular weight excluding hydrogens is 336 g/mol. The normalized spacial score (nSPS) is 17.1. The Labute approximate surface area is 159 Å². The molecule has 27 heavy (non-hydrogen) atoms. The molecule has 2 aromatic heterocycles. The number of amides is 1. The SMILES string of the molecule is Cc1cnc(-c2cccnc2)n1C1CCCN(C(=O)Cc2ccccc2)C1. The first-order valence-electron chi connectivity index (χ1n) is 9.48. The second-order valence-electron chi connectivity index (χ2n) is 7.13. The number of hydrogen-bond acceptors (Lipinski definition) is 3. The Morgan fingerprint density at radius 1 is 1.15 bits per heavy atom. The predicted octanol–water partition coefficient (Wildman–Crippen LogP) is 3.66. The van der Waals surface area contributed by atoms with Crippen molar-refractivity contribution in [2.45, 2.75) is 32.2 Å². The van der Waals surface area contributed by atoms with Crippen LogP contribution in [0, 0.1) is 6.92 Å². The molecule has 0 aliphatic carbocycles. The molecule has 1 fully saturated rings. The molecule has 4 rings (SSSR count). The van der Waals surface area contributed by atoms with Crippen LogP contribution in [0.2, 0.25) is 0 Å². The first kappa shape index (κ1) is 17.5. The molecule has 1 aliphatic rings. The van der Waals surface area contributed by atoms with E-state index in [-0.39, 0.29) is 11.9 Å². The highest BCUT2D eigenvalue weighted by molar-refractivity contribution is 5.78. The number of pyridine rings is 1. The van der Waals surface area contributed by atoms with Gasteiger partial charge in [-0.15, -0.1) is 0 Å². The van der Waals surface area contributed by atoms with Gasteiger partial charge in [-0.2, -0.15) is 0 Å². The van der Waals surface area contributed by atoms with E-state index in [0.717, 1.165) is 48.6 Å². The van der Waals surface area contributed by atoms with Crippen molar-refractivity contribution in [1.29, 1.82) is 0 Å². The molecule has 0 bridgehead atoms. The van der Waals surface area contributed by atoms with Crippen LogP contribution >= 0.6 is 0 Å². The maximum atomic E-state index is 12.8. The number of imidazole rings is 1. The third-order valence-electron chi connectivity index (χ3n) is 5.21. The van der Waals surface area contributed by atoms with Crippen LogP contribution in [0.5, 0.6) is 0 Å². The highest BCUT2D eigenvalue weighted by Gasteiger charge is 2.27. The summed E-state index contributed by atoms with van der Waals surface area (Å²) in [6.07, 6.45) is 8.06. The molecule has 1 atom stereocenters. The lowest BCUT2D eigenvalue weighted by Crippen LogP contribution is -2.41. The van der Waals surface area contributed by atoms with E-state index in [2.05, 4.69) is 21.5 Å². The average Bonchev–Trinajstić information content (AvgIpc) is 3.11. The Kier molecular flexibility index (Phi) is 5.01. The molecule has 1 aliphatic heterocycles. The van der Waals surface area contributed by atoms with Gasteiger partial charge in [-0.05, 0) is 37.5 Å². The van der Waals surface area contributed by atoms with E-state index >= 15 is 0 Å². The van der Waals surface area contributed by atoms with Crippen molar-refractivity contribution in [1.82, 2.24) is 19.4 Å². The molecule has 0 spiro atoms. The summed E-state index contributed by atoms with van der Waals surface area (Å²) >= 11 is 0. The van der Waals surface area contributed by atoms with Crippen molar-refractivity contribution in [3.8, 4) is 11.4 Å². The lowest BCUT2D eigenvalue weighted by atomic mass is 10.0. The Morgan fingerprint density at radius 3 is 2.78 bits per heavy atom. The molecule has 0 N–H and O–H groups in total. The average molecular weight is 360 g/mol. The van der Waals surface area contributed by atoms with Crippen molar-refractivity contribution in [3.05, 3.63) is 72.3 Å². The number of aryl methyl sites for hydroxylation is 1. The fourth-order valence-corrected chi connectivity index (χ4v) is 3.89. The fraction of sp³-hybridized carbons (Fsp3) is 0.318. The quantitative estimate of drug-likeness (QED) is 0.713. The zero-order valence-electron chi connectivity index (χ0n) is 15.6. The molecule has 5 heteroatoms. The molecule has 1 saturated heterocycles. The predicted molar refractivity (Wildman–Crippen MR) is 105 cm³/mol. The first-order valence-corrected chi connectivity index (χ1v) is 9.48. The minimum atomic E-state index is 0.201. The van der Waals surface area contributed by atoms with Crippen LogP contribution < -0.4 is 0 Å². The molecule has 1 aromatic carbocycles. The summed E-state index contributed by atoms with van der Waals surface area (Å²) < 4.78 is 2.28. The van der Waals surface area contributed by atoms with Crippen LogP contribution in [0.4, 0.5) is 0 Å². The van der Waals surface area contributed by atoms with Gasteiger partial charge in [0.15, 0.2) is 0 Å². The smallest absolute Gasteiger partial charge is 0.227 e. The lowest BCUT2D eigenvalue weighted by molar-refractivity contribution is -0.132. The molecule has 3 aromatic rings. The zero-order valence-corrected chi connectivity index (χ0v) is 15.6. The molecule has 3 heterocycles. The van der Waals surface area contributed by atoms with Crippen LogP contribution in [0.15, 0.2) is 61.1 Å². The second-order valence-corrected chi connectivity index (χ2v) is 7.13. The molecule has 0 saturated carbocycles. The van der Waals surface area contributed by atoms with Gasteiger partial charge in [0.05, 0.1) is 12.5 Å². The minimum Gasteiger partial charge on any atom is -0.340 e. The summed E-state index contributed by atoms with van der Waals surface area (Å²) in [5.74, 6) is 1.13. The molecule has 138 valence electrons. The van der Waals surface area contributed by atoms with E-state index in [1.165, 1.54) is 0 Å². The van der Waals surface area contributed by atoms with Gasteiger partial charge in [0.1, 0.15) is 5.82 Å². The van der Waals surface area contributed by atoms with E-state index in [1.54, 1.807) is 6.20 Å². The second kappa shape index (κ2) is 7.74. The molecule has 1 amide bonds. The molecule has 1 unspecified atom stereocenters. The van der Waals surface area contributed by atoms with Crippen LogP contribution in [0.1, 0.15) is 30.1 Å². The number of piperidine rings is 1. The number of carbonyl (C=O) groups is 1. The Bertz CT molecular complexity index is 905. The number of nitrogens with zero attached hydrogens (tertiary/aromatic N) is 4. The van der Waals surface area contributed by atoms with Crippen molar-refractivity contribution in [2.24, 2.45) is 0 Å². The maximum Gasteiger partial charge on any atom is 0.227 e. The van der Waals surface area contributed by atoms with Crippen LogP contribution in [-0.2, 0) is 11.2 Å². The van der Waals surface area contributed by atoms with Crippen LogP contribution in [-0.4, -0.2) is 38.4 Å². The van der Waals surface area contributed by atoms with Gasteiger partial charge in [0.2, 0.25) is 5.91 Å². The van der Waals surface area contributed by atoms with Gasteiger partial charge in [-0.1, -0.05) is 30.3 Å². The van der Waals surface area contributed by atoms with E-state index in [4.69, 9.17) is 0 Å². The highest BCUT2D eigenvalue weighted by Crippen LogP contribution is 2.29. The summed E-state index contributed by atoms with van der Waals surface area (Å²) in [5, 5.41) is 0. The van der Waals surface area contributed by atoms with Crippen molar-refractivity contribution in [3.63, 3.8) is 0 Å². The standard InChI is InChI=1S/C22H24N4O/c1-17-14-24-22(19-9-5-11-23-15-19)26(17)20-10-6-12-25(16-20)21(27)13-18-7-3-2-4-8-18/h2-5,7-9,11,14-15,20H,6,10,12-13,16H2,1H3. The number of benzene rings is 1. The topological polar surface area (TPSA) is 51.0 Å². The van der Waals surface area contributed by atoms with Gasteiger partial charge in [-0.25, -0.2) is 4.98 Å². The summed E-state index contributed by atoms with van der Waals surface area (Å²) in [7, 11) is 0. The van der Waals surface area contributed by atoms with Crippen LogP contribution in [0.3, 0.4) is 0 Å². The number of likely N-dealkylation sites (tertiary alicyclic amines) is 1. The van der Waals surface area contributed by atoms with Gasteiger partial charge in [0, 0.05) is 42.9 Å². The number of carbonyl (C=O) groups excluding carboxylic acids is 1. The number of hydrogen-bond donors (Lipinski definition) is 0. The van der Waals surface area contributed by atoms with Gasteiger partial charge >= 0.3 is 0 Å². The maximum absolute atomic E-state index is 12.8. The third kappa shape index (κ3) is 3.77. The first-order chi connectivity index (χ1) is 13.2. The highest BCUT2D eigenvalue weighted by atomic mass is 16.2. The van der Waals surface area contributed by atoms with Gasteiger partial charge < -0.3 is 9.47 Å². The van der Waals surface area contributed by atoms with Crippen molar-refractivity contribution in [2.75, 3.05) is 13.1 Å². The Morgan fingerprint density at radius 2 is 2.00 bits per heavy atom. The number of aromatic nitrogens is 3. The fourth-order valence-electron chi connectivity index (χ4n) is 3.89. The number of rotatable bonds is 4. The van der Waals surface area contributed by atoms with E-state index < -0.39 is 0 Å². The third-order valence-corrected chi connectivity index (χ3v) is 5.21. The van der Waals surface area contributed by atoms with Crippen molar-refractivity contribution < 1.29 is 4.79 Å². The summed E-state index contributed by atoms with van der Waals surface area (Å²) in [6, 6.07) is 14.2. The monoisotopic (exact) mass is 360 g/mol. The minimum absolute atomic E-state index is 0.201. The zero-order chi connectivity index (χ0) is 18.6. The van der Waals surface area contributed by atoms with E-state index in [9.17, 15) is 4.79 Å². The largest absolute Gasteiger partial charge is 0.340 e. The Hall–Kier alpha value is -2.95. The summed E-state index contributed by atoms with van der Waals surface area (Å²) in [4.78, 5) is 23.7. The summed E-state index contributed by atoms with van der Waals surface area (Å²) in [5.41, 5.74) is 3.20. The molecule has 0 radical (unpaired) electrons. The molecule has 5 nitrogen and oxygen atoms in total. The lowest BCUT2D eigenvalue weighted by Gasteiger charge is -2.35. The Balaban J connectivity index is 1.54. The van der Waals surface area contributed by atoms with E-state index in [1.807, 2.05) is 59.8 Å².